The topological polar surface area (TPSA) is 71.1 Å². The van der Waals surface area contributed by atoms with Crippen LogP contribution in [-0.2, 0) is 17.7 Å². The number of nitrogens with one attached hydrogen (secondary N) is 1. The monoisotopic (exact) mass is 320 g/mol. The van der Waals surface area contributed by atoms with Gasteiger partial charge in [-0.15, -0.1) is 11.3 Å². The summed E-state index contributed by atoms with van der Waals surface area (Å²) in [5, 5.41) is 3.24. The van der Waals surface area contributed by atoms with E-state index < -0.39 is 0 Å². The molecule has 0 spiro atoms. The van der Waals surface area contributed by atoms with Crippen molar-refractivity contribution in [2.45, 2.75) is 32.4 Å². The van der Waals surface area contributed by atoms with Crippen molar-refractivity contribution in [2.75, 3.05) is 19.7 Å². The molecule has 0 bridgehead atoms. The summed E-state index contributed by atoms with van der Waals surface area (Å²) in [5.74, 6) is 0. The molecular weight excluding hydrogens is 300 g/mol. The van der Waals surface area contributed by atoms with Gasteiger partial charge in [0.25, 0.3) is 5.56 Å². The van der Waals surface area contributed by atoms with Gasteiger partial charge in [-0.1, -0.05) is 0 Å². The summed E-state index contributed by atoms with van der Waals surface area (Å²) in [6, 6.07) is 1.55. The zero-order valence-corrected chi connectivity index (χ0v) is 13.4. The number of aryl methyl sites for hydroxylation is 2. The number of morpholine rings is 1. The van der Waals surface area contributed by atoms with Gasteiger partial charge in [0.2, 0.25) is 0 Å². The second-order valence-electron chi connectivity index (χ2n) is 5.53. The Hall–Kier alpha value is -1.57. The largest absolute Gasteiger partial charge is 0.376 e. The Morgan fingerprint density at radius 3 is 3.18 bits per heavy atom. The quantitative estimate of drug-likeness (QED) is 0.901. The van der Waals surface area contributed by atoms with E-state index in [1.165, 1.54) is 6.33 Å². The molecule has 0 aliphatic carbocycles. The second kappa shape index (κ2) is 7.13. The van der Waals surface area contributed by atoms with Crippen LogP contribution in [0.3, 0.4) is 0 Å². The third kappa shape index (κ3) is 4.22. The van der Waals surface area contributed by atoms with Crippen molar-refractivity contribution in [1.29, 1.82) is 0 Å². The Labute approximate surface area is 133 Å². The molecule has 0 saturated carbocycles. The van der Waals surface area contributed by atoms with Gasteiger partial charge in [-0.25, -0.2) is 9.97 Å². The van der Waals surface area contributed by atoms with Crippen LogP contribution >= 0.6 is 11.3 Å². The van der Waals surface area contributed by atoms with E-state index >= 15 is 0 Å². The lowest BCUT2D eigenvalue weighted by Gasteiger charge is -2.32. The molecule has 1 atom stereocenters. The molecule has 7 heteroatoms. The van der Waals surface area contributed by atoms with Crippen LogP contribution in [0.1, 0.15) is 22.8 Å². The van der Waals surface area contributed by atoms with Crippen LogP contribution in [0.5, 0.6) is 0 Å². The maximum atomic E-state index is 11.3. The molecule has 0 unspecified atom stereocenters. The number of H-pyrrole nitrogens is 1. The molecular formula is C15H20N4O2S. The molecule has 22 heavy (non-hydrogen) atoms. The third-order valence-electron chi connectivity index (χ3n) is 3.73. The Bertz CT molecular complexity index is 669. The zero-order valence-electron chi connectivity index (χ0n) is 12.6. The highest BCUT2D eigenvalue weighted by molar-refractivity contribution is 7.09. The minimum Gasteiger partial charge on any atom is -0.376 e. The zero-order chi connectivity index (χ0) is 15.4. The number of aromatic amines is 1. The molecule has 0 radical (unpaired) electrons. The van der Waals surface area contributed by atoms with Gasteiger partial charge in [0.05, 0.1) is 29.7 Å². The number of aromatic nitrogens is 3. The van der Waals surface area contributed by atoms with Gasteiger partial charge in [-0.3, -0.25) is 9.69 Å². The highest BCUT2D eigenvalue weighted by atomic mass is 32.1. The average molecular weight is 320 g/mol. The number of hydrogen-bond donors (Lipinski definition) is 1. The minimum absolute atomic E-state index is 0.102. The molecule has 0 aromatic carbocycles. The van der Waals surface area contributed by atoms with E-state index in [1.54, 1.807) is 17.4 Å². The average Bonchev–Trinajstić information content (AvgIpc) is 2.91. The Balaban J connectivity index is 1.51. The Morgan fingerprint density at radius 2 is 2.41 bits per heavy atom. The first-order chi connectivity index (χ1) is 10.7. The van der Waals surface area contributed by atoms with Gasteiger partial charge in [0, 0.05) is 36.8 Å². The van der Waals surface area contributed by atoms with Crippen molar-refractivity contribution in [2.24, 2.45) is 0 Å². The van der Waals surface area contributed by atoms with Crippen LogP contribution < -0.4 is 5.56 Å². The summed E-state index contributed by atoms with van der Waals surface area (Å²) < 4.78 is 5.83. The lowest BCUT2D eigenvalue weighted by molar-refractivity contribution is -0.0349. The smallest absolute Gasteiger partial charge is 0.250 e. The highest BCUT2D eigenvalue weighted by Gasteiger charge is 2.21. The van der Waals surface area contributed by atoms with Crippen LogP contribution in [0.15, 0.2) is 22.6 Å². The molecule has 118 valence electrons. The molecule has 1 fully saturated rings. The maximum Gasteiger partial charge on any atom is 0.250 e. The standard InChI is InChI=1S/C15H20N4O2S/c1-11-18-13(9-22-11)7-19-4-5-21-14(8-19)3-2-12-6-15(20)17-10-16-12/h6,9-10,14H,2-5,7-8H2,1H3,(H,16,17,20)/t14-/m0/s1. The number of rotatable bonds is 5. The Kier molecular flexibility index (Phi) is 4.97. The first-order valence-corrected chi connectivity index (χ1v) is 8.35. The molecule has 3 rings (SSSR count). The third-order valence-corrected chi connectivity index (χ3v) is 4.55. The van der Waals surface area contributed by atoms with Crippen molar-refractivity contribution >= 4 is 11.3 Å². The lowest BCUT2D eigenvalue weighted by Crippen LogP contribution is -2.42. The van der Waals surface area contributed by atoms with Gasteiger partial charge in [-0.05, 0) is 19.8 Å². The fourth-order valence-corrected chi connectivity index (χ4v) is 3.27. The van der Waals surface area contributed by atoms with E-state index in [1.807, 2.05) is 6.92 Å². The first-order valence-electron chi connectivity index (χ1n) is 7.47. The summed E-state index contributed by atoms with van der Waals surface area (Å²) in [6.07, 6.45) is 3.28. The number of nitrogens with zero attached hydrogens (tertiary/aromatic N) is 3. The predicted octanol–water partition coefficient (Wildman–Crippen LogP) is 1.37. The van der Waals surface area contributed by atoms with Crippen molar-refractivity contribution in [3.63, 3.8) is 0 Å². The molecule has 1 aliphatic heterocycles. The number of thiazole rings is 1. The molecule has 0 amide bonds. The van der Waals surface area contributed by atoms with Crippen LogP contribution in [0.2, 0.25) is 0 Å². The van der Waals surface area contributed by atoms with Gasteiger partial charge in [0.1, 0.15) is 0 Å². The minimum atomic E-state index is -0.102. The van der Waals surface area contributed by atoms with E-state index in [9.17, 15) is 4.79 Å². The van der Waals surface area contributed by atoms with Gasteiger partial charge >= 0.3 is 0 Å². The summed E-state index contributed by atoms with van der Waals surface area (Å²) in [6.45, 7) is 5.50. The van der Waals surface area contributed by atoms with Gasteiger partial charge in [0.15, 0.2) is 0 Å². The van der Waals surface area contributed by atoms with Crippen LogP contribution in [0.25, 0.3) is 0 Å². The predicted molar refractivity (Wildman–Crippen MR) is 85.0 cm³/mol. The van der Waals surface area contributed by atoms with Crippen molar-refractivity contribution in [1.82, 2.24) is 19.9 Å². The molecule has 6 nitrogen and oxygen atoms in total. The first kappa shape index (κ1) is 15.3. The maximum absolute atomic E-state index is 11.3. The van der Waals surface area contributed by atoms with E-state index in [4.69, 9.17) is 4.74 Å². The van der Waals surface area contributed by atoms with Crippen LogP contribution in [0, 0.1) is 6.92 Å². The molecule has 3 heterocycles. The SMILES string of the molecule is Cc1nc(CN2CCO[C@@H](CCc3cc(=O)[nH]cn3)C2)cs1. The fraction of sp³-hybridized carbons (Fsp3) is 0.533. The summed E-state index contributed by atoms with van der Waals surface area (Å²) in [4.78, 5) is 24.9. The fourth-order valence-electron chi connectivity index (χ4n) is 2.66. The number of hydrogen-bond acceptors (Lipinski definition) is 6. The lowest BCUT2D eigenvalue weighted by atomic mass is 10.1. The number of ether oxygens (including phenoxy) is 1. The van der Waals surface area contributed by atoms with E-state index in [0.29, 0.717) is 0 Å². The van der Waals surface area contributed by atoms with Crippen LogP contribution in [0.4, 0.5) is 0 Å². The van der Waals surface area contributed by atoms with Crippen molar-refractivity contribution in [3.05, 3.63) is 44.5 Å². The summed E-state index contributed by atoms with van der Waals surface area (Å²) in [5.41, 5.74) is 1.86. The normalized spacial score (nSPS) is 19.4. The highest BCUT2D eigenvalue weighted by Crippen LogP contribution is 2.15. The van der Waals surface area contributed by atoms with Gasteiger partial charge < -0.3 is 9.72 Å². The van der Waals surface area contributed by atoms with E-state index in [0.717, 1.165) is 55.5 Å². The Morgan fingerprint density at radius 1 is 1.50 bits per heavy atom. The van der Waals surface area contributed by atoms with E-state index in [2.05, 4.69) is 25.2 Å². The van der Waals surface area contributed by atoms with Crippen LogP contribution in [-0.4, -0.2) is 45.7 Å². The molecule has 2 aromatic rings. The van der Waals surface area contributed by atoms with Gasteiger partial charge in [-0.2, -0.15) is 0 Å². The second-order valence-corrected chi connectivity index (χ2v) is 6.59. The molecule has 2 aromatic heterocycles. The summed E-state index contributed by atoms with van der Waals surface area (Å²) in [7, 11) is 0. The summed E-state index contributed by atoms with van der Waals surface area (Å²) >= 11 is 1.69. The molecule has 1 saturated heterocycles. The molecule has 1 aliphatic rings. The van der Waals surface area contributed by atoms with Crippen molar-refractivity contribution in [3.8, 4) is 0 Å². The van der Waals surface area contributed by atoms with E-state index in [-0.39, 0.29) is 11.7 Å². The van der Waals surface area contributed by atoms with Crippen molar-refractivity contribution < 1.29 is 4.74 Å². The molecule has 1 N–H and O–H groups in total.